The minimum Gasteiger partial charge on any atom is -0.454 e. The van der Waals surface area contributed by atoms with Crippen molar-refractivity contribution < 1.29 is 14.3 Å². The number of ketones is 1. The standard InChI is InChI=1S/C18H14BrNO3/c19-13-3-1-11(2-4-13)16(21)9-15-14-8-18-17(22-10-23-18)7-12(14)5-6-20-15/h1-4,7-8H,5-6,9-10H2. The zero-order chi connectivity index (χ0) is 15.8. The van der Waals surface area contributed by atoms with Crippen molar-refractivity contribution in [3.8, 4) is 11.5 Å². The summed E-state index contributed by atoms with van der Waals surface area (Å²) in [5, 5.41) is 0. The van der Waals surface area contributed by atoms with Gasteiger partial charge in [-0.05, 0) is 36.2 Å². The Balaban J connectivity index is 1.62. The van der Waals surface area contributed by atoms with Crippen LogP contribution in [-0.2, 0) is 6.42 Å². The molecule has 0 amide bonds. The van der Waals surface area contributed by atoms with Crippen LogP contribution in [0.1, 0.15) is 27.9 Å². The van der Waals surface area contributed by atoms with Gasteiger partial charge in [0.1, 0.15) is 0 Å². The van der Waals surface area contributed by atoms with Gasteiger partial charge < -0.3 is 9.47 Å². The van der Waals surface area contributed by atoms with Crippen LogP contribution in [0, 0.1) is 0 Å². The van der Waals surface area contributed by atoms with Gasteiger partial charge in [0.05, 0.1) is 12.1 Å². The van der Waals surface area contributed by atoms with Crippen LogP contribution in [0.5, 0.6) is 11.5 Å². The summed E-state index contributed by atoms with van der Waals surface area (Å²) in [5.74, 6) is 1.58. The van der Waals surface area contributed by atoms with Crippen LogP contribution in [0.3, 0.4) is 0 Å². The molecular weight excluding hydrogens is 358 g/mol. The molecule has 0 saturated heterocycles. The lowest BCUT2D eigenvalue weighted by Gasteiger charge is -2.17. The van der Waals surface area contributed by atoms with E-state index in [0.717, 1.165) is 33.7 Å². The zero-order valence-electron chi connectivity index (χ0n) is 12.3. The molecule has 2 aromatic rings. The van der Waals surface area contributed by atoms with Crippen molar-refractivity contribution in [2.45, 2.75) is 12.8 Å². The molecule has 0 aliphatic carbocycles. The van der Waals surface area contributed by atoms with Gasteiger partial charge in [0.15, 0.2) is 17.3 Å². The molecule has 0 aromatic heterocycles. The fourth-order valence-electron chi connectivity index (χ4n) is 2.90. The summed E-state index contributed by atoms with van der Waals surface area (Å²) in [7, 11) is 0. The van der Waals surface area contributed by atoms with E-state index in [2.05, 4.69) is 20.9 Å². The molecule has 0 radical (unpaired) electrons. The summed E-state index contributed by atoms with van der Waals surface area (Å²) in [5.41, 5.74) is 3.70. The van der Waals surface area contributed by atoms with Crippen LogP contribution in [0.4, 0.5) is 0 Å². The molecule has 2 aromatic carbocycles. The van der Waals surface area contributed by atoms with Crippen molar-refractivity contribution in [1.82, 2.24) is 0 Å². The number of Topliss-reactive ketones (excluding diaryl/α,β-unsaturated/α-hetero) is 1. The second-order valence-corrected chi connectivity index (χ2v) is 6.46. The van der Waals surface area contributed by atoms with Crippen molar-refractivity contribution >= 4 is 27.4 Å². The van der Waals surface area contributed by atoms with Crippen LogP contribution in [0.25, 0.3) is 0 Å². The number of halogens is 1. The molecule has 0 spiro atoms. The Labute approximate surface area is 142 Å². The molecule has 4 nitrogen and oxygen atoms in total. The minimum absolute atomic E-state index is 0.0711. The van der Waals surface area contributed by atoms with Gasteiger partial charge in [-0.2, -0.15) is 0 Å². The SMILES string of the molecule is O=C(CC1=NCCc2cc3c(cc21)OCO3)c1ccc(Br)cc1. The molecule has 23 heavy (non-hydrogen) atoms. The number of ether oxygens (including phenoxy) is 2. The predicted octanol–water partition coefficient (Wildman–Crippen LogP) is 3.80. The number of nitrogens with zero attached hydrogens (tertiary/aromatic N) is 1. The number of carbonyl (C=O) groups is 1. The number of carbonyl (C=O) groups excluding carboxylic acids is 1. The van der Waals surface area contributed by atoms with E-state index >= 15 is 0 Å². The van der Waals surface area contributed by atoms with E-state index in [0.29, 0.717) is 18.5 Å². The Bertz CT molecular complexity index is 812. The van der Waals surface area contributed by atoms with Crippen molar-refractivity contribution in [2.75, 3.05) is 13.3 Å². The third-order valence-electron chi connectivity index (χ3n) is 4.09. The summed E-state index contributed by atoms with van der Waals surface area (Å²) >= 11 is 3.38. The van der Waals surface area contributed by atoms with Crippen LogP contribution in [0.15, 0.2) is 45.9 Å². The van der Waals surface area contributed by atoms with Gasteiger partial charge >= 0.3 is 0 Å². The number of hydrogen-bond acceptors (Lipinski definition) is 4. The first-order chi connectivity index (χ1) is 11.2. The van der Waals surface area contributed by atoms with E-state index in [1.54, 1.807) is 0 Å². The van der Waals surface area contributed by atoms with E-state index in [9.17, 15) is 4.79 Å². The largest absolute Gasteiger partial charge is 0.454 e. The Morgan fingerprint density at radius 3 is 2.65 bits per heavy atom. The third-order valence-corrected chi connectivity index (χ3v) is 4.62. The van der Waals surface area contributed by atoms with Crippen molar-refractivity contribution in [3.63, 3.8) is 0 Å². The molecule has 0 unspecified atom stereocenters. The maximum atomic E-state index is 12.5. The second kappa shape index (κ2) is 5.81. The number of hydrogen-bond donors (Lipinski definition) is 0. The van der Waals surface area contributed by atoms with E-state index in [-0.39, 0.29) is 12.6 Å². The highest BCUT2D eigenvalue weighted by molar-refractivity contribution is 9.10. The molecule has 2 aliphatic heterocycles. The maximum absolute atomic E-state index is 12.5. The Kier molecular flexibility index (Phi) is 3.65. The first-order valence-corrected chi connectivity index (χ1v) is 8.25. The fraction of sp³-hybridized carbons (Fsp3) is 0.222. The van der Waals surface area contributed by atoms with E-state index in [1.165, 1.54) is 5.56 Å². The van der Waals surface area contributed by atoms with Gasteiger partial charge in [0, 0.05) is 22.1 Å². The summed E-state index contributed by atoms with van der Waals surface area (Å²) in [6, 6.07) is 11.4. The predicted molar refractivity (Wildman–Crippen MR) is 90.8 cm³/mol. The minimum atomic E-state index is 0.0711. The quantitative estimate of drug-likeness (QED) is 0.771. The fourth-order valence-corrected chi connectivity index (χ4v) is 3.16. The van der Waals surface area contributed by atoms with Gasteiger partial charge in [-0.1, -0.05) is 28.1 Å². The average molecular weight is 372 g/mol. The monoisotopic (exact) mass is 371 g/mol. The van der Waals surface area contributed by atoms with Gasteiger partial charge in [-0.3, -0.25) is 9.79 Å². The van der Waals surface area contributed by atoms with Crippen LogP contribution < -0.4 is 9.47 Å². The molecule has 0 bridgehead atoms. The lowest BCUT2D eigenvalue weighted by atomic mass is 9.93. The molecular formula is C18H14BrNO3. The first kappa shape index (κ1) is 14.5. The van der Waals surface area contributed by atoms with E-state index in [4.69, 9.17) is 9.47 Å². The molecule has 2 heterocycles. The van der Waals surface area contributed by atoms with E-state index < -0.39 is 0 Å². The van der Waals surface area contributed by atoms with Crippen LogP contribution in [-0.4, -0.2) is 24.8 Å². The third kappa shape index (κ3) is 2.77. The number of fused-ring (bicyclic) bond motifs is 2. The van der Waals surface area contributed by atoms with Crippen LogP contribution in [0.2, 0.25) is 0 Å². The number of aliphatic imine (C=N–C) groups is 1. The smallest absolute Gasteiger partial charge is 0.231 e. The second-order valence-electron chi connectivity index (χ2n) is 5.55. The highest BCUT2D eigenvalue weighted by atomic mass is 79.9. The lowest BCUT2D eigenvalue weighted by molar-refractivity contribution is 0.100. The summed E-state index contributed by atoms with van der Waals surface area (Å²) < 4.78 is 11.8. The zero-order valence-corrected chi connectivity index (χ0v) is 13.9. The van der Waals surface area contributed by atoms with Crippen molar-refractivity contribution in [3.05, 3.63) is 57.6 Å². The molecule has 0 saturated carbocycles. The topological polar surface area (TPSA) is 47.9 Å². The first-order valence-electron chi connectivity index (χ1n) is 7.46. The highest BCUT2D eigenvalue weighted by Gasteiger charge is 2.23. The van der Waals surface area contributed by atoms with Gasteiger partial charge in [0.25, 0.3) is 0 Å². The Morgan fingerprint density at radius 1 is 1.13 bits per heavy atom. The summed E-state index contributed by atoms with van der Waals surface area (Å²) in [6.45, 7) is 0.956. The van der Waals surface area contributed by atoms with Gasteiger partial charge in [-0.25, -0.2) is 0 Å². The molecule has 5 heteroatoms. The summed E-state index contributed by atoms with van der Waals surface area (Å²) in [6.07, 6.45) is 1.16. The number of benzene rings is 2. The normalized spacial score (nSPS) is 15.1. The van der Waals surface area contributed by atoms with E-state index in [1.807, 2.05) is 36.4 Å². The molecule has 0 atom stereocenters. The Hall–Kier alpha value is -2.14. The summed E-state index contributed by atoms with van der Waals surface area (Å²) in [4.78, 5) is 17.1. The molecule has 116 valence electrons. The number of rotatable bonds is 3. The molecule has 0 N–H and O–H groups in total. The Morgan fingerprint density at radius 2 is 1.87 bits per heavy atom. The molecule has 4 rings (SSSR count). The highest BCUT2D eigenvalue weighted by Crippen LogP contribution is 2.36. The average Bonchev–Trinajstić information content (AvgIpc) is 3.01. The van der Waals surface area contributed by atoms with Gasteiger partial charge in [0.2, 0.25) is 6.79 Å². The maximum Gasteiger partial charge on any atom is 0.231 e. The van der Waals surface area contributed by atoms with Crippen molar-refractivity contribution in [2.24, 2.45) is 4.99 Å². The van der Waals surface area contributed by atoms with Crippen molar-refractivity contribution in [1.29, 1.82) is 0 Å². The van der Waals surface area contributed by atoms with Gasteiger partial charge in [-0.15, -0.1) is 0 Å². The molecule has 0 fully saturated rings. The molecule has 2 aliphatic rings. The lowest BCUT2D eigenvalue weighted by Crippen LogP contribution is -2.17. The van der Waals surface area contributed by atoms with Crippen LogP contribution >= 0.6 is 15.9 Å².